The second kappa shape index (κ2) is 5.89. The predicted octanol–water partition coefficient (Wildman–Crippen LogP) is 1.00. The summed E-state index contributed by atoms with van der Waals surface area (Å²) in [6.07, 6.45) is 5.85. The molecule has 1 fully saturated rings. The third-order valence-corrected chi connectivity index (χ3v) is 5.35. The van der Waals surface area contributed by atoms with Crippen molar-refractivity contribution < 1.29 is 0 Å². The molecule has 0 bridgehead atoms. The van der Waals surface area contributed by atoms with Crippen LogP contribution in [0.2, 0.25) is 0 Å². The molecule has 8 nitrogen and oxygen atoms in total. The van der Waals surface area contributed by atoms with Crippen molar-refractivity contribution in [3.8, 4) is 0 Å². The van der Waals surface area contributed by atoms with Gasteiger partial charge in [0.2, 0.25) is 0 Å². The van der Waals surface area contributed by atoms with Gasteiger partial charge in [-0.3, -0.25) is 4.79 Å². The molecular weight excluding hydrogens is 330 g/mol. The van der Waals surface area contributed by atoms with E-state index in [2.05, 4.69) is 25.1 Å². The topological polar surface area (TPSA) is 81.2 Å². The molecule has 8 heteroatoms. The highest BCUT2D eigenvalue weighted by molar-refractivity contribution is 5.49. The van der Waals surface area contributed by atoms with Crippen molar-refractivity contribution in [3.05, 3.63) is 45.8 Å². The lowest BCUT2D eigenvalue weighted by Gasteiger charge is -2.40. The summed E-state index contributed by atoms with van der Waals surface area (Å²) in [5, 5.41) is 8.90. The van der Waals surface area contributed by atoms with E-state index >= 15 is 0 Å². The first kappa shape index (κ1) is 15.5. The van der Waals surface area contributed by atoms with Gasteiger partial charge in [-0.05, 0) is 38.2 Å². The van der Waals surface area contributed by atoms with Gasteiger partial charge in [0.1, 0.15) is 12.1 Å². The van der Waals surface area contributed by atoms with Crippen LogP contribution in [-0.4, -0.2) is 42.5 Å². The van der Waals surface area contributed by atoms with E-state index in [1.165, 1.54) is 12.7 Å². The van der Waals surface area contributed by atoms with Crippen LogP contribution in [0.25, 0.3) is 5.78 Å². The third kappa shape index (κ3) is 2.56. The number of aryl methyl sites for hydroxylation is 3. The van der Waals surface area contributed by atoms with Crippen LogP contribution in [0.4, 0.5) is 5.82 Å². The quantitative estimate of drug-likeness (QED) is 0.700. The summed E-state index contributed by atoms with van der Waals surface area (Å²) in [6.45, 7) is 4.40. The van der Waals surface area contributed by atoms with Crippen molar-refractivity contribution >= 4 is 11.6 Å². The van der Waals surface area contributed by atoms with Crippen molar-refractivity contribution in [2.75, 3.05) is 18.0 Å². The number of rotatable bonds is 3. The van der Waals surface area contributed by atoms with E-state index in [0.717, 1.165) is 55.1 Å². The Labute approximate surface area is 150 Å². The molecule has 0 atom stereocenters. The Morgan fingerprint density at radius 1 is 1.19 bits per heavy atom. The summed E-state index contributed by atoms with van der Waals surface area (Å²) in [5.41, 5.74) is 3.22. The number of nitrogens with zero attached hydrogens (tertiary/aromatic N) is 7. The van der Waals surface area contributed by atoms with Crippen LogP contribution in [0, 0.1) is 12.8 Å². The maximum absolute atomic E-state index is 12.4. The number of aromatic nitrogens is 6. The van der Waals surface area contributed by atoms with Crippen LogP contribution < -0.4 is 10.5 Å². The molecule has 4 heterocycles. The van der Waals surface area contributed by atoms with Crippen LogP contribution >= 0.6 is 0 Å². The predicted molar refractivity (Wildman–Crippen MR) is 96.4 cm³/mol. The van der Waals surface area contributed by atoms with E-state index in [0.29, 0.717) is 18.2 Å². The molecule has 1 aliphatic heterocycles. The van der Waals surface area contributed by atoms with Crippen LogP contribution in [-0.2, 0) is 19.4 Å². The largest absolute Gasteiger partial charge is 0.356 e. The van der Waals surface area contributed by atoms with Crippen molar-refractivity contribution in [2.24, 2.45) is 5.92 Å². The Morgan fingerprint density at radius 3 is 2.92 bits per heavy atom. The van der Waals surface area contributed by atoms with E-state index < -0.39 is 0 Å². The van der Waals surface area contributed by atoms with Gasteiger partial charge in [0.15, 0.2) is 0 Å². The number of hydrogen-bond acceptors (Lipinski definition) is 6. The van der Waals surface area contributed by atoms with Gasteiger partial charge >= 0.3 is 0 Å². The second-order valence-electron chi connectivity index (χ2n) is 7.34. The maximum Gasteiger partial charge on any atom is 0.267 e. The Kier molecular flexibility index (Phi) is 3.51. The van der Waals surface area contributed by atoms with Gasteiger partial charge in [0, 0.05) is 36.8 Å². The number of anilines is 1. The molecule has 134 valence electrons. The smallest absolute Gasteiger partial charge is 0.267 e. The summed E-state index contributed by atoms with van der Waals surface area (Å²) < 4.78 is 3.43. The zero-order valence-corrected chi connectivity index (χ0v) is 14.8. The molecule has 0 amide bonds. The van der Waals surface area contributed by atoms with E-state index in [9.17, 15) is 4.79 Å². The molecule has 0 spiro atoms. The van der Waals surface area contributed by atoms with Crippen molar-refractivity contribution in [2.45, 2.75) is 39.2 Å². The minimum absolute atomic E-state index is 0.0301. The Hall–Kier alpha value is -2.77. The third-order valence-electron chi connectivity index (χ3n) is 5.35. The molecular formula is C18H21N7O. The second-order valence-corrected chi connectivity index (χ2v) is 7.34. The van der Waals surface area contributed by atoms with E-state index in [1.807, 2.05) is 13.0 Å². The Morgan fingerprint density at radius 2 is 2.04 bits per heavy atom. The van der Waals surface area contributed by atoms with Gasteiger partial charge < -0.3 is 4.90 Å². The Balaban J connectivity index is 1.33. The molecule has 5 rings (SSSR count). The van der Waals surface area contributed by atoms with Gasteiger partial charge in [-0.1, -0.05) is 0 Å². The fourth-order valence-electron chi connectivity index (χ4n) is 3.99. The summed E-state index contributed by atoms with van der Waals surface area (Å²) in [7, 11) is 0. The average molecular weight is 351 g/mol. The van der Waals surface area contributed by atoms with E-state index in [-0.39, 0.29) is 5.56 Å². The van der Waals surface area contributed by atoms with Crippen LogP contribution in [0.15, 0.2) is 23.3 Å². The van der Waals surface area contributed by atoms with Crippen molar-refractivity contribution in [1.82, 2.24) is 29.4 Å². The van der Waals surface area contributed by atoms with Crippen LogP contribution in [0.1, 0.15) is 29.8 Å². The highest BCUT2D eigenvalue weighted by Gasteiger charge is 2.30. The summed E-state index contributed by atoms with van der Waals surface area (Å²) in [6, 6.07) is 3.82. The van der Waals surface area contributed by atoms with Gasteiger partial charge in [0.25, 0.3) is 11.3 Å². The van der Waals surface area contributed by atoms with Crippen molar-refractivity contribution in [3.63, 3.8) is 0 Å². The SMILES string of the molecule is Cc1cc(N2CC(Cn3nc4c(cc3=O)CCCC4)C2)n2ncnc2n1. The number of fused-ring (bicyclic) bond motifs is 2. The van der Waals surface area contributed by atoms with Crippen LogP contribution in [0.3, 0.4) is 0 Å². The van der Waals surface area contributed by atoms with Gasteiger partial charge in [0.05, 0.1) is 12.2 Å². The van der Waals surface area contributed by atoms with Gasteiger partial charge in [-0.15, -0.1) is 0 Å². The monoisotopic (exact) mass is 351 g/mol. The molecule has 0 aromatic carbocycles. The molecule has 26 heavy (non-hydrogen) atoms. The fraction of sp³-hybridized carbons (Fsp3) is 0.500. The lowest BCUT2D eigenvalue weighted by atomic mass is 9.96. The number of hydrogen-bond donors (Lipinski definition) is 0. The van der Waals surface area contributed by atoms with Gasteiger partial charge in [-0.25, -0.2) is 9.67 Å². The van der Waals surface area contributed by atoms with Gasteiger partial charge in [-0.2, -0.15) is 19.7 Å². The van der Waals surface area contributed by atoms with Crippen molar-refractivity contribution in [1.29, 1.82) is 0 Å². The highest BCUT2D eigenvalue weighted by Crippen LogP contribution is 2.26. The summed E-state index contributed by atoms with van der Waals surface area (Å²) in [5.74, 6) is 2.04. The first-order valence-corrected chi connectivity index (χ1v) is 9.19. The zero-order chi connectivity index (χ0) is 17.7. The lowest BCUT2D eigenvalue weighted by Crippen LogP contribution is -2.50. The van der Waals surface area contributed by atoms with Crippen LogP contribution in [0.5, 0.6) is 0 Å². The molecule has 1 saturated heterocycles. The first-order chi connectivity index (χ1) is 12.7. The minimum atomic E-state index is 0.0301. The Bertz CT molecular complexity index is 1030. The molecule has 1 aliphatic carbocycles. The molecule has 3 aromatic heterocycles. The van der Waals surface area contributed by atoms with E-state index in [4.69, 9.17) is 0 Å². The molecule has 2 aliphatic rings. The summed E-state index contributed by atoms with van der Waals surface area (Å²) in [4.78, 5) is 23.2. The molecule has 0 N–H and O–H groups in total. The molecule has 0 radical (unpaired) electrons. The standard InChI is InChI=1S/C18H21N7O/c1-12-6-16(25-18(21-12)19-11-20-25)23-8-13(9-23)10-24-17(26)7-14-4-2-3-5-15(14)22-24/h6-7,11,13H,2-5,8-10H2,1H3. The zero-order valence-electron chi connectivity index (χ0n) is 14.8. The van der Waals surface area contributed by atoms with E-state index in [1.54, 1.807) is 15.3 Å². The fourth-order valence-corrected chi connectivity index (χ4v) is 3.99. The lowest BCUT2D eigenvalue weighted by molar-refractivity contribution is 0.328. The normalized spacial score (nSPS) is 17.3. The molecule has 0 saturated carbocycles. The summed E-state index contributed by atoms with van der Waals surface area (Å²) >= 11 is 0. The average Bonchev–Trinajstić information content (AvgIpc) is 3.05. The minimum Gasteiger partial charge on any atom is -0.356 e. The maximum atomic E-state index is 12.4. The first-order valence-electron chi connectivity index (χ1n) is 9.19. The molecule has 3 aromatic rings. The highest BCUT2D eigenvalue weighted by atomic mass is 16.1. The molecule has 0 unspecified atom stereocenters.